The van der Waals surface area contributed by atoms with Crippen molar-refractivity contribution in [2.24, 2.45) is 17.3 Å². The summed E-state index contributed by atoms with van der Waals surface area (Å²) in [7, 11) is -3.91. The molecular formula is C36H54N4O8S. The lowest BCUT2D eigenvalue weighted by Crippen LogP contribution is -2.58. The molecule has 1 aromatic carbocycles. The fourth-order valence-electron chi connectivity index (χ4n) is 7.24. The highest BCUT2D eigenvalue weighted by molar-refractivity contribution is 7.91. The maximum absolute atomic E-state index is 14.1. The zero-order valence-corrected chi connectivity index (χ0v) is 30.6. The second kappa shape index (κ2) is 15.6. The normalized spacial score (nSPS) is 26.7. The first kappa shape index (κ1) is 38.3. The molecule has 49 heavy (non-hydrogen) atoms. The summed E-state index contributed by atoms with van der Waals surface area (Å²) >= 11 is 0. The summed E-state index contributed by atoms with van der Waals surface area (Å²) in [6, 6.07) is 3.20. The average molecular weight is 703 g/mol. The predicted octanol–water partition coefficient (Wildman–Crippen LogP) is 4.19. The lowest BCUT2D eigenvalue weighted by molar-refractivity contribution is -0.144. The molecule has 2 aliphatic heterocycles. The Morgan fingerprint density at radius 2 is 1.51 bits per heavy atom. The molecule has 3 fully saturated rings. The molecule has 0 radical (unpaired) electrons. The minimum Gasteiger partial charge on any atom is -0.444 e. The van der Waals surface area contributed by atoms with Gasteiger partial charge in [-0.15, -0.1) is 0 Å². The Morgan fingerprint density at radius 3 is 2.10 bits per heavy atom. The van der Waals surface area contributed by atoms with Crippen LogP contribution < -0.4 is 16.0 Å². The Balaban J connectivity index is 1.54. The van der Waals surface area contributed by atoms with E-state index in [1.165, 1.54) is 17.0 Å². The van der Waals surface area contributed by atoms with E-state index in [2.05, 4.69) is 16.0 Å². The molecule has 0 aromatic heterocycles. The van der Waals surface area contributed by atoms with Gasteiger partial charge in [-0.2, -0.15) is 0 Å². The van der Waals surface area contributed by atoms with Gasteiger partial charge in [0.15, 0.2) is 9.84 Å². The molecule has 2 unspecified atom stereocenters. The van der Waals surface area contributed by atoms with Crippen molar-refractivity contribution in [1.29, 1.82) is 0 Å². The average Bonchev–Trinajstić information content (AvgIpc) is 3.32. The minimum absolute atomic E-state index is 0.0201. The second-order valence-electron chi connectivity index (χ2n) is 15.5. The summed E-state index contributed by atoms with van der Waals surface area (Å²) in [5.41, 5.74) is -0.0975. The zero-order valence-electron chi connectivity index (χ0n) is 29.8. The van der Waals surface area contributed by atoms with Crippen LogP contribution in [-0.4, -0.2) is 79.1 Å². The molecule has 0 bridgehead atoms. The molecule has 2 saturated heterocycles. The van der Waals surface area contributed by atoms with Gasteiger partial charge in [0.05, 0.1) is 10.9 Å². The lowest BCUT2D eigenvalue weighted by Gasteiger charge is -2.34. The van der Waals surface area contributed by atoms with Gasteiger partial charge < -0.3 is 25.6 Å². The number of carbonyl (C=O) groups excluding carboxylic acids is 5. The third-order valence-corrected chi connectivity index (χ3v) is 11.7. The number of benzene rings is 1. The number of nitrogens with zero attached hydrogens (tertiary/aromatic N) is 1. The Bertz CT molecular complexity index is 1500. The molecule has 13 heteroatoms. The zero-order chi connectivity index (χ0) is 36.1. The van der Waals surface area contributed by atoms with E-state index in [0.717, 1.165) is 50.5 Å². The SMILES string of the molecule is Cc1ccc(S(=O)(=O)CNC(=O)C(=O)[C@@H]2CCCCCCCCCC[C@H](NC(=O)OC(C)(C)C)C(=O)N3CC4C([C@H]3C(=O)N2)C4(C)C)cc1. The number of nitrogens with one attached hydrogen (secondary N) is 3. The number of piperidine rings is 1. The first-order chi connectivity index (χ1) is 22.9. The summed E-state index contributed by atoms with van der Waals surface area (Å²) in [6.45, 7) is 11.5. The predicted molar refractivity (Wildman–Crippen MR) is 184 cm³/mol. The molecule has 4 amide bonds. The summed E-state index contributed by atoms with van der Waals surface area (Å²) in [5.74, 6) is -3.81. The van der Waals surface area contributed by atoms with Gasteiger partial charge in [-0.05, 0) is 69.9 Å². The monoisotopic (exact) mass is 702 g/mol. The Labute approximate surface area is 290 Å². The Hall–Kier alpha value is -3.48. The van der Waals surface area contributed by atoms with Crippen molar-refractivity contribution < 1.29 is 37.1 Å². The van der Waals surface area contributed by atoms with Crippen LogP contribution in [0, 0.1) is 24.2 Å². The van der Waals surface area contributed by atoms with Crippen molar-refractivity contribution in [3.63, 3.8) is 0 Å². The first-order valence-corrected chi connectivity index (χ1v) is 19.3. The standard InChI is InChI=1S/C36H54N4O8S/c1-23-17-19-24(20-18-23)49(46,47)22-37-32(43)30(41)26-15-13-11-9-7-8-10-12-14-16-27(39-34(45)48-35(2,3)4)33(44)40-21-25-28(36(25,5)6)29(40)31(42)38-26/h17-20,25-29H,7-16,21-22H2,1-6H3,(H,37,43)(H,38,42)(H,39,45)/t25?,26-,27-,28?,29-/m0/s1. The molecular weight excluding hydrogens is 648 g/mol. The molecule has 0 spiro atoms. The maximum atomic E-state index is 14.1. The van der Waals surface area contributed by atoms with Gasteiger partial charge in [0.1, 0.15) is 23.6 Å². The number of rotatable bonds is 6. The van der Waals surface area contributed by atoms with Crippen molar-refractivity contribution in [1.82, 2.24) is 20.9 Å². The van der Waals surface area contributed by atoms with Crippen LogP contribution in [0.3, 0.4) is 0 Å². The molecule has 5 atom stereocenters. The van der Waals surface area contributed by atoms with Crippen molar-refractivity contribution in [3.8, 4) is 0 Å². The molecule has 1 aromatic rings. The van der Waals surface area contributed by atoms with Gasteiger partial charge in [0.2, 0.25) is 17.6 Å². The largest absolute Gasteiger partial charge is 0.444 e. The highest BCUT2D eigenvalue weighted by Gasteiger charge is 2.69. The van der Waals surface area contributed by atoms with Gasteiger partial charge in [-0.1, -0.05) is 82.9 Å². The lowest BCUT2D eigenvalue weighted by atomic mass is 9.97. The van der Waals surface area contributed by atoms with Crippen molar-refractivity contribution >= 4 is 39.4 Å². The number of amides is 4. The fraction of sp³-hybridized carbons (Fsp3) is 0.694. The van der Waals surface area contributed by atoms with Crippen molar-refractivity contribution in [2.45, 2.75) is 134 Å². The summed E-state index contributed by atoms with van der Waals surface area (Å²) < 4.78 is 31.1. The molecule has 1 aliphatic carbocycles. The van der Waals surface area contributed by atoms with E-state index in [4.69, 9.17) is 4.74 Å². The van der Waals surface area contributed by atoms with Gasteiger partial charge in [0.25, 0.3) is 5.91 Å². The van der Waals surface area contributed by atoms with Crippen LogP contribution in [0.1, 0.15) is 104 Å². The number of ether oxygens (including phenoxy) is 1. The van der Waals surface area contributed by atoms with Crippen molar-refractivity contribution in [2.75, 3.05) is 12.4 Å². The summed E-state index contributed by atoms with van der Waals surface area (Å²) in [4.78, 5) is 69.2. The number of fused-ring (bicyclic) bond motifs is 3. The number of hydrogen-bond donors (Lipinski definition) is 3. The highest BCUT2D eigenvalue weighted by atomic mass is 32.2. The van der Waals surface area contributed by atoms with Crippen LogP contribution in [0.25, 0.3) is 0 Å². The van der Waals surface area contributed by atoms with E-state index >= 15 is 0 Å². The number of aryl methyl sites for hydroxylation is 1. The van der Waals surface area contributed by atoms with Crippen LogP contribution in [0.2, 0.25) is 0 Å². The number of Topliss-reactive ketones (excluding diaryl/α,β-unsaturated/α-hetero) is 1. The van der Waals surface area contributed by atoms with E-state index < -0.39 is 63.1 Å². The highest BCUT2D eigenvalue weighted by Crippen LogP contribution is 2.65. The summed E-state index contributed by atoms with van der Waals surface area (Å²) in [6.07, 6.45) is 6.78. The fourth-order valence-corrected chi connectivity index (χ4v) is 8.28. The second-order valence-corrected chi connectivity index (χ2v) is 17.5. The van der Waals surface area contributed by atoms with Crippen molar-refractivity contribution in [3.05, 3.63) is 29.8 Å². The Kier molecular flexibility index (Phi) is 12.2. The number of carbonyl (C=O) groups is 5. The quantitative estimate of drug-likeness (QED) is 0.371. The minimum atomic E-state index is -3.91. The molecule has 2 heterocycles. The van der Waals surface area contributed by atoms with Crippen LogP contribution in [0.15, 0.2) is 29.2 Å². The smallest absolute Gasteiger partial charge is 0.408 e. The molecule has 12 nitrogen and oxygen atoms in total. The Morgan fingerprint density at radius 1 is 0.939 bits per heavy atom. The molecule has 4 rings (SSSR count). The van der Waals surface area contributed by atoms with Crippen LogP contribution in [0.4, 0.5) is 4.79 Å². The first-order valence-electron chi connectivity index (χ1n) is 17.6. The van der Waals surface area contributed by atoms with Gasteiger partial charge in [0, 0.05) is 6.54 Å². The number of alkyl carbamates (subject to hydrolysis) is 1. The van der Waals surface area contributed by atoms with Gasteiger partial charge in [-0.25, -0.2) is 13.2 Å². The van der Waals surface area contributed by atoms with E-state index in [9.17, 15) is 32.4 Å². The van der Waals surface area contributed by atoms with E-state index in [-0.39, 0.29) is 34.5 Å². The third kappa shape index (κ3) is 9.82. The number of hydrogen-bond acceptors (Lipinski definition) is 8. The van der Waals surface area contributed by atoms with Gasteiger partial charge in [-0.3, -0.25) is 19.2 Å². The van der Waals surface area contributed by atoms with Crippen LogP contribution >= 0.6 is 0 Å². The molecule has 3 aliphatic rings. The van der Waals surface area contributed by atoms with E-state index in [1.807, 2.05) is 20.8 Å². The van der Waals surface area contributed by atoms with Crippen LogP contribution in [-0.2, 0) is 33.8 Å². The third-order valence-electron chi connectivity index (χ3n) is 10.1. The molecule has 272 valence electrons. The molecule has 3 N–H and O–H groups in total. The molecule has 1 saturated carbocycles. The number of sulfone groups is 1. The van der Waals surface area contributed by atoms with Crippen LogP contribution in [0.5, 0.6) is 0 Å². The number of ketones is 1. The van der Waals surface area contributed by atoms with E-state index in [1.54, 1.807) is 32.9 Å². The van der Waals surface area contributed by atoms with E-state index in [0.29, 0.717) is 19.4 Å². The maximum Gasteiger partial charge on any atom is 0.408 e. The van der Waals surface area contributed by atoms with Gasteiger partial charge >= 0.3 is 6.09 Å². The summed E-state index contributed by atoms with van der Waals surface area (Å²) in [5, 5.41) is 7.81. The topological polar surface area (TPSA) is 168 Å².